The van der Waals surface area contributed by atoms with Crippen molar-refractivity contribution in [1.82, 2.24) is 9.62 Å². The van der Waals surface area contributed by atoms with Gasteiger partial charge in [0.05, 0.1) is 7.11 Å². The average molecular weight is 395 g/mol. The SMILES string of the molecule is COc1ccc(C(=O)NCCc2cccs2)cc1S(=O)(=O)N1CCCC1. The van der Waals surface area contributed by atoms with Gasteiger partial charge in [-0.25, -0.2) is 8.42 Å². The second kappa shape index (κ2) is 8.20. The molecule has 0 radical (unpaired) electrons. The Morgan fingerprint density at radius 2 is 2.04 bits per heavy atom. The number of nitrogens with one attached hydrogen (secondary N) is 1. The predicted molar refractivity (Wildman–Crippen MR) is 101 cm³/mol. The molecular weight excluding hydrogens is 372 g/mol. The first kappa shape index (κ1) is 18.9. The minimum atomic E-state index is -3.66. The lowest BCUT2D eigenvalue weighted by atomic mass is 10.2. The zero-order valence-corrected chi connectivity index (χ0v) is 16.2. The number of methoxy groups -OCH3 is 1. The highest BCUT2D eigenvalue weighted by molar-refractivity contribution is 7.89. The minimum absolute atomic E-state index is 0.0489. The number of rotatable bonds is 7. The van der Waals surface area contributed by atoms with Crippen LogP contribution in [0.2, 0.25) is 0 Å². The Balaban J connectivity index is 1.77. The van der Waals surface area contributed by atoms with Gasteiger partial charge in [0.2, 0.25) is 10.0 Å². The van der Waals surface area contributed by atoms with Gasteiger partial charge in [0.1, 0.15) is 10.6 Å². The quantitative estimate of drug-likeness (QED) is 0.783. The topological polar surface area (TPSA) is 75.7 Å². The largest absolute Gasteiger partial charge is 0.495 e. The van der Waals surface area contributed by atoms with Gasteiger partial charge in [0, 0.05) is 30.1 Å². The van der Waals surface area contributed by atoms with Crippen molar-refractivity contribution in [2.24, 2.45) is 0 Å². The summed E-state index contributed by atoms with van der Waals surface area (Å²) in [4.78, 5) is 13.7. The van der Waals surface area contributed by atoms with Crippen molar-refractivity contribution in [2.45, 2.75) is 24.2 Å². The fraction of sp³-hybridized carbons (Fsp3) is 0.389. The van der Waals surface area contributed by atoms with Gasteiger partial charge in [-0.05, 0) is 48.9 Å². The highest BCUT2D eigenvalue weighted by Crippen LogP contribution is 2.29. The maximum absolute atomic E-state index is 12.9. The number of hydrogen-bond acceptors (Lipinski definition) is 5. The molecule has 0 bridgehead atoms. The third kappa shape index (κ3) is 4.08. The van der Waals surface area contributed by atoms with Crippen molar-refractivity contribution >= 4 is 27.3 Å². The van der Waals surface area contributed by atoms with Crippen LogP contribution in [0.25, 0.3) is 0 Å². The van der Waals surface area contributed by atoms with Crippen molar-refractivity contribution < 1.29 is 17.9 Å². The Morgan fingerprint density at radius 3 is 2.69 bits per heavy atom. The molecule has 1 fully saturated rings. The number of sulfonamides is 1. The Bertz CT molecular complexity index is 857. The minimum Gasteiger partial charge on any atom is -0.495 e. The van der Waals surface area contributed by atoms with E-state index in [2.05, 4.69) is 5.32 Å². The number of nitrogens with zero attached hydrogens (tertiary/aromatic N) is 1. The zero-order chi connectivity index (χ0) is 18.6. The summed E-state index contributed by atoms with van der Waals surface area (Å²) >= 11 is 1.64. The van der Waals surface area contributed by atoms with Crippen LogP contribution >= 0.6 is 11.3 Å². The molecule has 1 N–H and O–H groups in total. The highest BCUT2D eigenvalue weighted by atomic mass is 32.2. The van der Waals surface area contributed by atoms with E-state index in [-0.39, 0.29) is 16.6 Å². The maximum Gasteiger partial charge on any atom is 0.251 e. The monoisotopic (exact) mass is 394 g/mol. The van der Waals surface area contributed by atoms with Crippen molar-refractivity contribution in [1.29, 1.82) is 0 Å². The van der Waals surface area contributed by atoms with Crippen LogP contribution in [-0.2, 0) is 16.4 Å². The van der Waals surface area contributed by atoms with Crippen molar-refractivity contribution in [2.75, 3.05) is 26.7 Å². The third-order valence-electron chi connectivity index (χ3n) is 4.35. The second-order valence-electron chi connectivity index (χ2n) is 6.06. The molecule has 8 heteroatoms. The molecule has 1 aromatic heterocycles. The molecular formula is C18H22N2O4S2. The predicted octanol–water partition coefficient (Wildman–Crippen LogP) is 2.51. The molecule has 1 amide bonds. The molecule has 1 aliphatic rings. The Morgan fingerprint density at radius 1 is 1.27 bits per heavy atom. The van der Waals surface area contributed by atoms with E-state index in [0.29, 0.717) is 25.2 Å². The Labute approximate surface area is 157 Å². The van der Waals surface area contributed by atoms with E-state index in [0.717, 1.165) is 19.3 Å². The third-order valence-corrected chi connectivity index (χ3v) is 7.20. The number of thiophene rings is 1. The molecule has 2 heterocycles. The molecule has 6 nitrogen and oxygen atoms in total. The second-order valence-corrected chi connectivity index (χ2v) is 9.00. The van der Waals surface area contributed by atoms with Crippen LogP contribution in [0, 0.1) is 0 Å². The van der Waals surface area contributed by atoms with Crippen molar-refractivity contribution in [3.63, 3.8) is 0 Å². The van der Waals surface area contributed by atoms with Gasteiger partial charge in [-0.1, -0.05) is 6.07 Å². The van der Waals surface area contributed by atoms with E-state index >= 15 is 0 Å². The van der Waals surface area contributed by atoms with E-state index in [9.17, 15) is 13.2 Å². The molecule has 1 aliphatic heterocycles. The van der Waals surface area contributed by atoms with Crippen LogP contribution in [0.5, 0.6) is 5.75 Å². The number of amides is 1. The smallest absolute Gasteiger partial charge is 0.251 e. The van der Waals surface area contributed by atoms with E-state index in [1.807, 2.05) is 17.5 Å². The molecule has 1 aromatic carbocycles. The van der Waals surface area contributed by atoms with Gasteiger partial charge in [0.25, 0.3) is 5.91 Å². The summed E-state index contributed by atoms with van der Waals surface area (Å²) in [5.74, 6) is -0.0332. The van der Waals surface area contributed by atoms with Gasteiger partial charge in [-0.2, -0.15) is 4.31 Å². The van der Waals surface area contributed by atoms with Crippen LogP contribution in [0.1, 0.15) is 28.1 Å². The number of carbonyl (C=O) groups is 1. The Kier molecular flexibility index (Phi) is 5.95. The zero-order valence-electron chi connectivity index (χ0n) is 14.6. The lowest BCUT2D eigenvalue weighted by molar-refractivity contribution is 0.0954. The van der Waals surface area contributed by atoms with Crippen LogP contribution < -0.4 is 10.1 Å². The fourth-order valence-corrected chi connectivity index (χ4v) is 5.35. The molecule has 140 valence electrons. The van der Waals surface area contributed by atoms with E-state index < -0.39 is 10.0 Å². The summed E-state index contributed by atoms with van der Waals surface area (Å²) in [5.41, 5.74) is 0.315. The van der Waals surface area contributed by atoms with E-state index in [4.69, 9.17) is 4.74 Å². The standard InChI is InChI=1S/C18H22N2O4S2/c1-24-16-7-6-14(18(21)19-9-8-15-5-4-12-25-15)13-17(16)26(22,23)20-10-2-3-11-20/h4-7,12-13H,2-3,8-11H2,1H3,(H,19,21). The molecule has 0 atom stereocenters. The Hall–Kier alpha value is -1.90. The number of benzene rings is 1. The average Bonchev–Trinajstić information content (AvgIpc) is 3.35. The first-order valence-corrected chi connectivity index (χ1v) is 10.8. The van der Waals surface area contributed by atoms with E-state index in [1.165, 1.54) is 28.4 Å². The summed E-state index contributed by atoms with van der Waals surface area (Å²) in [6.07, 6.45) is 2.45. The molecule has 0 saturated carbocycles. The number of hydrogen-bond donors (Lipinski definition) is 1. The van der Waals surface area contributed by atoms with Crippen LogP contribution in [-0.4, -0.2) is 45.4 Å². The summed E-state index contributed by atoms with van der Waals surface area (Å²) in [6.45, 7) is 1.50. The maximum atomic E-state index is 12.9. The summed E-state index contributed by atoms with van der Waals surface area (Å²) in [7, 11) is -2.23. The van der Waals surface area contributed by atoms with Crippen molar-refractivity contribution in [3.05, 3.63) is 46.2 Å². The highest BCUT2D eigenvalue weighted by Gasteiger charge is 2.30. The molecule has 0 aliphatic carbocycles. The first-order valence-electron chi connectivity index (χ1n) is 8.51. The van der Waals surface area contributed by atoms with Gasteiger partial charge in [-0.3, -0.25) is 4.79 Å². The molecule has 1 saturated heterocycles. The first-order chi connectivity index (χ1) is 12.5. The van der Waals surface area contributed by atoms with Gasteiger partial charge in [-0.15, -0.1) is 11.3 Å². The summed E-state index contributed by atoms with van der Waals surface area (Å²) < 4.78 is 32.4. The van der Waals surface area contributed by atoms with Gasteiger partial charge < -0.3 is 10.1 Å². The molecule has 0 spiro atoms. The molecule has 26 heavy (non-hydrogen) atoms. The van der Waals surface area contributed by atoms with E-state index in [1.54, 1.807) is 17.4 Å². The van der Waals surface area contributed by atoms with Crippen LogP contribution in [0.4, 0.5) is 0 Å². The van der Waals surface area contributed by atoms with Crippen molar-refractivity contribution in [3.8, 4) is 5.75 Å². The summed E-state index contributed by atoms with van der Waals surface area (Å²) in [5, 5.41) is 4.84. The number of carbonyl (C=O) groups excluding carboxylic acids is 1. The van der Waals surface area contributed by atoms with Crippen LogP contribution in [0.3, 0.4) is 0 Å². The lowest BCUT2D eigenvalue weighted by Crippen LogP contribution is -2.29. The molecule has 3 rings (SSSR count). The van der Waals surface area contributed by atoms with Gasteiger partial charge in [0.15, 0.2) is 0 Å². The normalized spacial score (nSPS) is 15.1. The fourth-order valence-electron chi connectivity index (χ4n) is 2.94. The van der Waals surface area contributed by atoms with Gasteiger partial charge >= 0.3 is 0 Å². The number of ether oxygens (including phenoxy) is 1. The lowest BCUT2D eigenvalue weighted by Gasteiger charge is -2.18. The van der Waals surface area contributed by atoms with Crippen LogP contribution in [0.15, 0.2) is 40.6 Å². The molecule has 0 unspecified atom stereocenters. The molecule has 2 aromatic rings. The summed E-state index contributed by atoms with van der Waals surface area (Å²) in [6, 6.07) is 8.53.